The van der Waals surface area contributed by atoms with Gasteiger partial charge in [0.15, 0.2) is 0 Å². The van der Waals surface area contributed by atoms with Gasteiger partial charge in [-0.15, -0.1) is 0 Å². The zero-order valence-electron chi connectivity index (χ0n) is 17.8. The van der Waals surface area contributed by atoms with E-state index in [1.54, 1.807) is 0 Å². The van der Waals surface area contributed by atoms with Crippen LogP contribution < -0.4 is 4.74 Å². The Morgan fingerprint density at radius 3 is 2.63 bits per heavy atom. The van der Waals surface area contributed by atoms with Crippen LogP contribution in [0, 0.1) is 5.41 Å². The summed E-state index contributed by atoms with van der Waals surface area (Å²) in [6, 6.07) is 12.6. The molecule has 30 heavy (non-hydrogen) atoms. The lowest BCUT2D eigenvalue weighted by Crippen LogP contribution is -2.44. The van der Waals surface area contributed by atoms with Crippen LogP contribution >= 0.6 is 0 Å². The van der Waals surface area contributed by atoms with Crippen LogP contribution in [0.4, 0.5) is 0 Å². The minimum absolute atomic E-state index is 0.0320. The molecule has 5 nitrogen and oxygen atoms in total. The highest BCUT2D eigenvalue weighted by atomic mass is 16.5. The highest BCUT2D eigenvalue weighted by Gasteiger charge is 2.29. The summed E-state index contributed by atoms with van der Waals surface area (Å²) in [4.78, 5) is 2.26. The fourth-order valence-corrected chi connectivity index (χ4v) is 4.28. The summed E-state index contributed by atoms with van der Waals surface area (Å²) in [5.74, 6) is 0.783. The predicted octanol–water partition coefficient (Wildman–Crippen LogP) is 3.48. The van der Waals surface area contributed by atoms with Crippen LogP contribution in [0.25, 0.3) is 16.3 Å². The van der Waals surface area contributed by atoms with Gasteiger partial charge in [-0.1, -0.05) is 31.2 Å². The molecule has 0 bridgehead atoms. The average Bonchev–Trinajstić information content (AvgIpc) is 2.79. The first-order chi connectivity index (χ1) is 14.5. The summed E-state index contributed by atoms with van der Waals surface area (Å²) in [6.45, 7) is 6.57. The van der Waals surface area contributed by atoms with E-state index in [0.29, 0.717) is 13.2 Å². The van der Waals surface area contributed by atoms with E-state index in [2.05, 4.69) is 42.2 Å². The van der Waals surface area contributed by atoms with Crippen molar-refractivity contribution in [3.05, 3.63) is 48.0 Å². The van der Waals surface area contributed by atoms with Crippen molar-refractivity contribution < 1.29 is 19.7 Å². The van der Waals surface area contributed by atoms with Crippen molar-refractivity contribution in [2.45, 2.75) is 32.3 Å². The van der Waals surface area contributed by atoms with E-state index < -0.39 is 6.10 Å². The SMILES string of the molecule is CC1(CO)CCN(CC(O)COc2ccc3cc(C4=CCOCC4)ccc3c2)CC1. The standard InChI is InChI=1S/C25H33NO4/c1-25(18-27)8-10-26(11-9-25)16-23(28)17-30-24-5-4-21-14-20(2-3-22(21)15-24)19-6-12-29-13-7-19/h2-6,14-15,23,27-28H,7-13,16-18H2,1H3. The number of hydrogen-bond donors (Lipinski definition) is 2. The van der Waals surface area contributed by atoms with Crippen LogP contribution in [0.1, 0.15) is 31.7 Å². The van der Waals surface area contributed by atoms with E-state index >= 15 is 0 Å². The van der Waals surface area contributed by atoms with Crippen LogP contribution in [-0.2, 0) is 4.74 Å². The molecule has 0 amide bonds. The normalized spacial score (nSPS) is 20.7. The Kier molecular flexibility index (Phi) is 6.74. The molecule has 2 aromatic carbocycles. The predicted molar refractivity (Wildman–Crippen MR) is 120 cm³/mol. The highest BCUT2D eigenvalue weighted by molar-refractivity contribution is 5.87. The van der Waals surface area contributed by atoms with Gasteiger partial charge in [-0.25, -0.2) is 0 Å². The van der Waals surface area contributed by atoms with Crippen molar-refractivity contribution in [2.75, 3.05) is 46.1 Å². The summed E-state index contributed by atoms with van der Waals surface area (Å²) in [5.41, 5.74) is 2.64. The minimum atomic E-state index is -0.526. The highest BCUT2D eigenvalue weighted by Crippen LogP contribution is 2.30. The third kappa shape index (κ3) is 5.22. The van der Waals surface area contributed by atoms with Crippen LogP contribution in [0.3, 0.4) is 0 Å². The second-order valence-electron chi connectivity index (χ2n) is 9.01. The summed E-state index contributed by atoms with van der Waals surface area (Å²) in [7, 11) is 0. The van der Waals surface area contributed by atoms with Gasteiger partial charge in [0, 0.05) is 13.2 Å². The average molecular weight is 412 g/mol. The Morgan fingerprint density at radius 2 is 1.90 bits per heavy atom. The third-order valence-corrected chi connectivity index (χ3v) is 6.50. The van der Waals surface area contributed by atoms with Gasteiger partial charge >= 0.3 is 0 Å². The molecular weight excluding hydrogens is 378 g/mol. The quantitative estimate of drug-likeness (QED) is 0.730. The zero-order chi connectivity index (χ0) is 21.0. The molecule has 2 aromatic rings. The van der Waals surface area contributed by atoms with Gasteiger partial charge < -0.3 is 24.6 Å². The molecule has 162 valence electrons. The number of piperidine rings is 1. The molecule has 4 rings (SSSR count). The first kappa shape index (κ1) is 21.3. The monoisotopic (exact) mass is 411 g/mol. The molecule has 1 atom stereocenters. The minimum Gasteiger partial charge on any atom is -0.491 e. The van der Waals surface area contributed by atoms with Gasteiger partial charge in [0.25, 0.3) is 0 Å². The van der Waals surface area contributed by atoms with Crippen LogP contribution in [0.2, 0.25) is 0 Å². The van der Waals surface area contributed by atoms with Crippen molar-refractivity contribution in [1.82, 2.24) is 4.90 Å². The van der Waals surface area contributed by atoms with Crippen molar-refractivity contribution in [2.24, 2.45) is 5.41 Å². The van der Waals surface area contributed by atoms with E-state index in [1.807, 2.05) is 12.1 Å². The Bertz CT molecular complexity index is 886. The molecule has 0 radical (unpaired) electrons. The number of hydrogen-bond acceptors (Lipinski definition) is 5. The molecule has 0 aromatic heterocycles. The largest absolute Gasteiger partial charge is 0.491 e. The van der Waals surface area contributed by atoms with E-state index in [1.165, 1.54) is 16.5 Å². The number of aliphatic hydroxyl groups excluding tert-OH is 2. The van der Waals surface area contributed by atoms with Gasteiger partial charge in [-0.3, -0.25) is 0 Å². The fourth-order valence-electron chi connectivity index (χ4n) is 4.28. The number of likely N-dealkylation sites (tertiary alicyclic amines) is 1. The van der Waals surface area contributed by atoms with Crippen molar-refractivity contribution in [3.63, 3.8) is 0 Å². The second kappa shape index (κ2) is 9.48. The maximum Gasteiger partial charge on any atom is 0.120 e. The molecule has 2 aliphatic rings. The summed E-state index contributed by atoms with van der Waals surface area (Å²) < 4.78 is 11.3. The van der Waals surface area contributed by atoms with E-state index in [0.717, 1.165) is 50.1 Å². The number of aliphatic hydroxyl groups is 2. The first-order valence-corrected chi connectivity index (χ1v) is 11.0. The molecule has 0 aliphatic carbocycles. The molecular formula is C25H33NO4. The third-order valence-electron chi connectivity index (χ3n) is 6.50. The lowest BCUT2D eigenvalue weighted by Gasteiger charge is -2.38. The topological polar surface area (TPSA) is 62.2 Å². The lowest BCUT2D eigenvalue weighted by atomic mass is 9.81. The van der Waals surface area contributed by atoms with Gasteiger partial charge in [0.05, 0.1) is 13.2 Å². The van der Waals surface area contributed by atoms with Crippen molar-refractivity contribution in [1.29, 1.82) is 0 Å². The summed E-state index contributed by atoms with van der Waals surface area (Å²) in [5, 5.41) is 22.2. The fraction of sp³-hybridized carbons (Fsp3) is 0.520. The molecule has 2 N–H and O–H groups in total. The number of rotatable bonds is 7. The van der Waals surface area contributed by atoms with E-state index in [9.17, 15) is 10.2 Å². The number of fused-ring (bicyclic) bond motifs is 1. The zero-order valence-corrected chi connectivity index (χ0v) is 17.8. The number of nitrogens with zero attached hydrogens (tertiary/aromatic N) is 1. The maximum absolute atomic E-state index is 10.4. The summed E-state index contributed by atoms with van der Waals surface area (Å²) >= 11 is 0. The molecule has 1 fully saturated rings. The van der Waals surface area contributed by atoms with E-state index in [-0.39, 0.29) is 18.6 Å². The van der Waals surface area contributed by atoms with Crippen LogP contribution in [0.15, 0.2) is 42.5 Å². The second-order valence-corrected chi connectivity index (χ2v) is 9.01. The molecule has 1 saturated heterocycles. The molecule has 1 unspecified atom stereocenters. The number of β-amino-alcohol motifs (C(OH)–C–C–N with tert-alkyl or cyclic N) is 1. The van der Waals surface area contributed by atoms with E-state index in [4.69, 9.17) is 9.47 Å². The van der Waals surface area contributed by atoms with Gasteiger partial charge in [0.1, 0.15) is 18.5 Å². The lowest BCUT2D eigenvalue weighted by molar-refractivity contribution is 0.0219. The maximum atomic E-state index is 10.4. The molecule has 2 heterocycles. The Hall–Kier alpha value is -1.92. The molecule has 5 heteroatoms. The Morgan fingerprint density at radius 1 is 1.13 bits per heavy atom. The van der Waals surface area contributed by atoms with Crippen LogP contribution in [-0.4, -0.2) is 67.3 Å². The van der Waals surface area contributed by atoms with Crippen molar-refractivity contribution >= 4 is 16.3 Å². The first-order valence-electron chi connectivity index (χ1n) is 11.0. The molecule has 2 aliphatic heterocycles. The van der Waals surface area contributed by atoms with Gasteiger partial charge in [-0.05, 0) is 77.9 Å². The van der Waals surface area contributed by atoms with Gasteiger partial charge in [-0.2, -0.15) is 0 Å². The smallest absolute Gasteiger partial charge is 0.120 e. The Labute approximate surface area is 178 Å². The molecule has 0 saturated carbocycles. The van der Waals surface area contributed by atoms with Gasteiger partial charge in [0.2, 0.25) is 0 Å². The number of ether oxygens (including phenoxy) is 2. The molecule has 0 spiro atoms. The van der Waals surface area contributed by atoms with Crippen LogP contribution in [0.5, 0.6) is 5.75 Å². The number of benzene rings is 2. The van der Waals surface area contributed by atoms with Crippen molar-refractivity contribution in [3.8, 4) is 5.75 Å². The Balaban J connectivity index is 1.31. The summed E-state index contributed by atoms with van der Waals surface area (Å²) in [6.07, 6.45) is 4.53.